The van der Waals surface area contributed by atoms with E-state index >= 15 is 0 Å². The largest absolute Gasteiger partial charge is 0.508 e. The number of Topliss-reactive ketones (excluding diaryl/α,β-unsaturated/α-hetero) is 2. The average molecular weight is 640 g/mol. The van der Waals surface area contributed by atoms with Gasteiger partial charge in [-0.3, -0.25) is 29.0 Å². The first-order valence-corrected chi connectivity index (χ1v) is 15.6. The Balaban J connectivity index is 1.62. The molecule has 2 fully saturated rings. The molecule has 1 aliphatic heterocycles. The van der Waals surface area contributed by atoms with E-state index in [4.69, 9.17) is 5.73 Å². The summed E-state index contributed by atoms with van der Waals surface area (Å²) in [5.74, 6) is -7.54. The van der Waals surface area contributed by atoms with Crippen LogP contribution < -0.4 is 16.0 Å². The number of phenolic OH excluding ortho intramolecular Hbond substituents is 1. The molecule has 1 saturated heterocycles. The van der Waals surface area contributed by atoms with Gasteiger partial charge in [0, 0.05) is 37.8 Å². The van der Waals surface area contributed by atoms with Crippen LogP contribution in [-0.2, 0) is 25.6 Å². The number of carbonyl (C=O) groups is 4. The Morgan fingerprint density at radius 3 is 2.35 bits per heavy atom. The smallest absolute Gasteiger partial charge is 0.255 e. The number of nitrogens with one attached hydrogen (secondary N) is 1. The molecule has 4 aliphatic rings. The van der Waals surface area contributed by atoms with Gasteiger partial charge in [-0.1, -0.05) is 20.8 Å². The lowest BCUT2D eigenvalue weighted by atomic mass is 9.57. The molecule has 46 heavy (non-hydrogen) atoms. The van der Waals surface area contributed by atoms with Crippen molar-refractivity contribution in [3.05, 3.63) is 34.1 Å². The van der Waals surface area contributed by atoms with Gasteiger partial charge in [0.2, 0.25) is 11.7 Å². The monoisotopic (exact) mass is 639 g/mol. The minimum atomic E-state index is -2.73. The van der Waals surface area contributed by atoms with E-state index in [-0.39, 0.29) is 41.0 Å². The lowest BCUT2D eigenvalue weighted by molar-refractivity contribution is -0.153. The molecule has 7 N–H and O–H groups in total. The highest BCUT2D eigenvalue weighted by atomic mass is 16.3. The molecule has 1 aromatic carbocycles. The zero-order valence-corrected chi connectivity index (χ0v) is 27.5. The van der Waals surface area contributed by atoms with E-state index in [0.29, 0.717) is 24.2 Å². The number of phenols is 1. The van der Waals surface area contributed by atoms with Crippen LogP contribution in [0.4, 0.5) is 11.4 Å². The molecular weight excluding hydrogens is 594 g/mol. The van der Waals surface area contributed by atoms with Crippen molar-refractivity contribution >= 4 is 40.5 Å². The number of anilines is 2. The molecular formula is C33H45N5O8. The van der Waals surface area contributed by atoms with E-state index in [2.05, 4.69) is 31.0 Å². The summed E-state index contributed by atoms with van der Waals surface area (Å²) in [4.78, 5) is 58.7. The Hall–Kier alpha value is -3.94. The van der Waals surface area contributed by atoms with Crippen molar-refractivity contribution in [3.63, 3.8) is 0 Å². The summed E-state index contributed by atoms with van der Waals surface area (Å²) in [6, 6.07) is 0.0624. The molecule has 5 rings (SSSR count). The predicted molar refractivity (Wildman–Crippen MR) is 171 cm³/mol. The van der Waals surface area contributed by atoms with Gasteiger partial charge in [0.1, 0.15) is 22.8 Å². The molecule has 0 radical (unpaired) electrons. The number of aromatic hydroxyl groups is 1. The number of aliphatic hydroxyl groups excluding tert-OH is 2. The summed E-state index contributed by atoms with van der Waals surface area (Å²) in [5.41, 5.74) is 2.62. The summed E-state index contributed by atoms with van der Waals surface area (Å²) in [6.07, 6.45) is 1.64. The summed E-state index contributed by atoms with van der Waals surface area (Å²) >= 11 is 0. The van der Waals surface area contributed by atoms with Crippen LogP contribution in [0.15, 0.2) is 23.0 Å². The molecule has 13 heteroatoms. The van der Waals surface area contributed by atoms with Gasteiger partial charge in [-0.25, -0.2) is 0 Å². The SMILES string of the molecule is CN(C)c1cc(NC(=O)[C@@H]2CCCN2CC(C)(C)C)c(O)c2c1C[C@H]1C[C@H]3[C@H](N(C)C)C(=O)C(C(N)=O)=C(O)[C@@]3(O)C(=O)C1=C2O. The lowest BCUT2D eigenvalue weighted by Crippen LogP contribution is -2.65. The van der Waals surface area contributed by atoms with E-state index < -0.39 is 69.8 Å². The summed E-state index contributed by atoms with van der Waals surface area (Å²) in [5, 5.41) is 49.1. The average Bonchev–Trinajstić information content (AvgIpc) is 3.38. The fourth-order valence-corrected chi connectivity index (χ4v) is 7.92. The standard InChI is InChI=1S/C33H45N5O8/c1-32(2,3)14-38-10-8-9-19(38)31(45)35-18-13-20(36(4)5)16-11-15-12-17-24(37(6)7)27(41)23(30(34)44)29(43)33(17,46)28(42)21(15)26(40)22(16)25(18)39/h13,15,17,19,24,39-40,43,46H,8-12,14H2,1-7H3,(H2,34,44)(H,35,45)/t15-,17-,19-,24-,33-/m0/s1. The highest BCUT2D eigenvalue weighted by Gasteiger charge is 2.64. The number of primary amides is 1. The number of carbonyl (C=O) groups excluding carboxylic acids is 4. The van der Waals surface area contributed by atoms with E-state index in [1.807, 2.05) is 0 Å². The predicted octanol–water partition coefficient (Wildman–Crippen LogP) is 1.48. The number of likely N-dealkylation sites (tertiary alicyclic amines) is 1. The van der Waals surface area contributed by atoms with Gasteiger partial charge in [-0.2, -0.15) is 0 Å². The van der Waals surface area contributed by atoms with E-state index in [1.165, 1.54) is 4.90 Å². The van der Waals surface area contributed by atoms with Crippen LogP contribution in [0, 0.1) is 17.3 Å². The van der Waals surface area contributed by atoms with Gasteiger partial charge in [0.15, 0.2) is 11.4 Å². The topological polar surface area (TPSA) is 197 Å². The summed E-state index contributed by atoms with van der Waals surface area (Å²) in [6.45, 7) is 7.79. The Morgan fingerprint density at radius 2 is 1.78 bits per heavy atom. The maximum atomic E-state index is 14.2. The van der Waals surface area contributed by atoms with Crippen molar-refractivity contribution in [3.8, 4) is 5.75 Å². The molecule has 0 spiro atoms. The van der Waals surface area contributed by atoms with Crippen LogP contribution in [0.3, 0.4) is 0 Å². The molecule has 1 heterocycles. The van der Waals surface area contributed by atoms with Gasteiger partial charge >= 0.3 is 0 Å². The number of hydrogen-bond donors (Lipinski definition) is 6. The molecule has 1 aromatic rings. The number of amides is 2. The first-order chi connectivity index (χ1) is 21.3. The zero-order chi connectivity index (χ0) is 34.2. The molecule has 3 aliphatic carbocycles. The Bertz CT molecular complexity index is 1590. The van der Waals surface area contributed by atoms with Crippen LogP contribution in [0.2, 0.25) is 0 Å². The third kappa shape index (κ3) is 5.14. The van der Waals surface area contributed by atoms with E-state index in [9.17, 15) is 39.6 Å². The van der Waals surface area contributed by atoms with Gasteiger partial charge < -0.3 is 36.4 Å². The fourth-order valence-electron chi connectivity index (χ4n) is 7.92. The third-order valence-corrected chi connectivity index (χ3v) is 9.78. The van der Waals surface area contributed by atoms with Crippen LogP contribution >= 0.6 is 0 Å². The van der Waals surface area contributed by atoms with Crippen LogP contribution in [0.5, 0.6) is 5.75 Å². The Kier molecular flexibility index (Phi) is 8.28. The number of nitrogens with zero attached hydrogens (tertiary/aromatic N) is 3. The van der Waals surface area contributed by atoms with Crippen LogP contribution in [-0.4, -0.2) is 113 Å². The second kappa shape index (κ2) is 11.4. The molecule has 1 saturated carbocycles. The van der Waals surface area contributed by atoms with Crippen molar-refractivity contribution < 1.29 is 39.6 Å². The third-order valence-electron chi connectivity index (χ3n) is 9.78. The second-order valence-corrected chi connectivity index (χ2v) is 14.7. The minimum absolute atomic E-state index is 0.0107. The number of fused-ring (bicyclic) bond motifs is 3. The molecule has 2 amide bonds. The van der Waals surface area contributed by atoms with Crippen molar-refractivity contribution in [2.45, 2.75) is 64.1 Å². The minimum Gasteiger partial charge on any atom is -0.508 e. The Morgan fingerprint density at radius 1 is 1.13 bits per heavy atom. The first kappa shape index (κ1) is 33.4. The van der Waals surface area contributed by atoms with E-state index in [0.717, 1.165) is 13.0 Å². The van der Waals surface area contributed by atoms with Crippen LogP contribution in [0.25, 0.3) is 5.76 Å². The first-order valence-electron chi connectivity index (χ1n) is 15.6. The number of hydrogen-bond acceptors (Lipinski definition) is 11. The summed E-state index contributed by atoms with van der Waals surface area (Å²) in [7, 11) is 6.66. The molecule has 5 atom stereocenters. The van der Waals surface area contributed by atoms with Gasteiger partial charge in [0.25, 0.3) is 5.91 Å². The number of rotatable bonds is 6. The quantitative estimate of drug-likeness (QED) is 0.195. The van der Waals surface area contributed by atoms with E-state index in [1.54, 1.807) is 39.2 Å². The maximum absolute atomic E-state index is 14.2. The molecule has 13 nitrogen and oxygen atoms in total. The number of ketones is 2. The molecule has 0 unspecified atom stereocenters. The summed E-state index contributed by atoms with van der Waals surface area (Å²) < 4.78 is 0. The maximum Gasteiger partial charge on any atom is 0.255 e. The van der Waals surface area contributed by atoms with Crippen LogP contribution in [0.1, 0.15) is 51.2 Å². The van der Waals surface area contributed by atoms with Crippen molar-refractivity contribution in [2.75, 3.05) is 51.5 Å². The normalized spacial score (nSPS) is 28.3. The number of likely N-dealkylation sites (N-methyl/N-ethyl adjacent to an activating group) is 1. The van der Waals surface area contributed by atoms with Crippen molar-refractivity contribution in [2.24, 2.45) is 23.0 Å². The van der Waals surface area contributed by atoms with Gasteiger partial charge in [-0.05, 0) is 69.3 Å². The Labute approximate surface area is 268 Å². The van der Waals surface area contributed by atoms with Gasteiger partial charge in [0.05, 0.1) is 23.3 Å². The second-order valence-electron chi connectivity index (χ2n) is 14.7. The zero-order valence-electron chi connectivity index (χ0n) is 27.5. The number of nitrogens with two attached hydrogens (primary N) is 1. The molecule has 0 bridgehead atoms. The number of aliphatic hydroxyl groups is 3. The highest BCUT2D eigenvalue weighted by molar-refractivity contribution is 6.24. The van der Waals surface area contributed by atoms with Gasteiger partial charge in [-0.15, -0.1) is 0 Å². The molecule has 0 aromatic heterocycles. The molecule has 250 valence electrons. The fraction of sp³-hybridized carbons (Fsp3) is 0.576. The lowest BCUT2D eigenvalue weighted by Gasteiger charge is -2.50. The number of benzene rings is 1. The van der Waals surface area contributed by atoms with Crippen molar-refractivity contribution in [1.82, 2.24) is 9.80 Å². The van der Waals surface area contributed by atoms with Crippen molar-refractivity contribution in [1.29, 1.82) is 0 Å². The highest BCUT2D eigenvalue weighted by Crippen LogP contribution is 2.54.